The quantitative estimate of drug-likeness (QED) is 0.461. The number of hydrogen-bond acceptors (Lipinski definition) is 3. The molecule has 6 nitrogen and oxygen atoms in total. The van der Waals surface area contributed by atoms with Crippen molar-refractivity contribution in [1.29, 1.82) is 0 Å². The lowest BCUT2D eigenvalue weighted by atomic mass is 10.3. The topological polar surface area (TPSA) is 71.0 Å². The van der Waals surface area contributed by atoms with Gasteiger partial charge in [-0.25, -0.2) is 19.3 Å². The maximum atomic E-state index is 13.4. The summed E-state index contributed by atoms with van der Waals surface area (Å²) >= 11 is 16.9. The normalized spacial score (nSPS) is 12.5. The van der Waals surface area contributed by atoms with Crippen LogP contribution in [0.3, 0.4) is 0 Å². The van der Waals surface area contributed by atoms with E-state index in [4.69, 9.17) is 39.5 Å². The molecule has 1 N–H and O–H groups in total. The molecule has 0 spiro atoms. The first-order valence-electron chi connectivity index (χ1n) is 6.88. The van der Waals surface area contributed by atoms with E-state index in [0.717, 1.165) is 0 Å². The number of hydrogen-bond donors (Lipinski definition) is 1. The molecule has 132 valence electrons. The Bertz CT molecular complexity index is 637. The number of urea groups is 1. The largest absolute Gasteiger partial charge is 0.420 e. The monoisotopic (exact) mass is 397 g/mol. The van der Waals surface area contributed by atoms with Gasteiger partial charge in [-0.05, 0) is 26.0 Å². The smallest absolute Gasteiger partial charge is 0.410 e. The van der Waals surface area contributed by atoms with Gasteiger partial charge in [0.2, 0.25) is 5.63 Å². The lowest BCUT2D eigenvalue weighted by Crippen LogP contribution is -2.38. The molecule has 0 saturated heterocycles. The molecule has 1 unspecified atom stereocenters. The van der Waals surface area contributed by atoms with Crippen molar-refractivity contribution in [3.05, 3.63) is 28.2 Å². The molecule has 24 heavy (non-hydrogen) atoms. The van der Waals surface area contributed by atoms with E-state index in [0.29, 0.717) is 13.1 Å². The van der Waals surface area contributed by atoms with Gasteiger partial charge in [0.05, 0.1) is 10.0 Å². The van der Waals surface area contributed by atoms with Crippen LogP contribution in [0, 0.1) is 0 Å². The summed E-state index contributed by atoms with van der Waals surface area (Å²) in [6.07, 6.45) is -1.11. The average Bonchev–Trinajstić information content (AvgIpc) is 2.50. The van der Waals surface area contributed by atoms with E-state index < -0.39 is 17.8 Å². The molecule has 1 rings (SSSR count). The van der Waals surface area contributed by atoms with Gasteiger partial charge < -0.3 is 9.64 Å². The number of aliphatic imine (C=N–C) groups is 1. The Morgan fingerprint density at radius 1 is 1.29 bits per heavy atom. The van der Waals surface area contributed by atoms with Crippen LogP contribution in [-0.4, -0.2) is 41.6 Å². The van der Waals surface area contributed by atoms with Gasteiger partial charge >= 0.3 is 12.1 Å². The van der Waals surface area contributed by atoms with Gasteiger partial charge in [0.25, 0.3) is 0 Å². The van der Waals surface area contributed by atoms with E-state index in [1.165, 1.54) is 23.1 Å². The van der Waals surface area contributed by atoms with Crippen molar-refractivity contribution in [3.8, 4) is 5.75 Å². The molecule has 0 bridgehead atoms. The van der Waals surface area contributed by atoms with E-state index in [-0.39, 0.29) is 21.6 Å². The van der Waals surface area contributed by atoms with E-state index in [1.54, 1.807) is 13.8 Å². The summed E-state index contributed by atoms with van der Waals surface area (Å²) in [5.41, 5.74) is -1.98. The number of imide groups is 1. The van der Waals surface area contributed by atoms with E-state index in [1.807, 2.05) is 5.32 Å². The van der Waals surface area contributed by atoms with Crippen LogP contribution in [-0.2, 0) is 0 Å². The molecule has 1 aromatic rings. The molecule has 0 aliphatic heterocycles. The number of carbonyl (C=O) groups is 2. The summed E-state index contributed by atoms with van der Waals surface area (Å²) in [7, 11) is 0. The maximum Gasteiger partial charge on any atom is 0.420 e. The first-order chi connectivity index (χ1) is 11.3. The van der Waals surface area contributed by atoms with Crippen molar-refractivity contribution in [2.45, 2.75) is 19.5 Å². The van der Waals surface area contributed by atoms with Gasteiger partial charge in [-0.1, -0.05) is 34.8 Å². The Labute approximate surface area is 153 Å². The predicted molar refractivity (Wildman–Crippen MR) is 92.1 cm³/mol. The van der Waals surface area contributed by atoms with Crippen LogP contribution in [0.1, 0.15) is 13.8 Å². The van der Waals surface area contributed by atoms with Crippen LogP contribution in [0.2, 0.25) is 10.0 Å². The minimum Gasteiger partial charge on any atom is -0.410 e. The number of halogens is 4. The first-order valence-corrected chi connectivity index (χ1v) is 8.07. The standard InChI is InChI=1S/C14H15Cl3FN3O3/c1-3-21(4-2)12(11(17)18)19-13(22)20-14(23)24-8-5-6-9(15)10(16)7-8/h5-7,11H,3-4H2,1-2H3,(H,20,22,23)/b19-12+. The second-order valence-corrected chi connectivity index (χ2v) is 5.54. The fourth-order valence-corrected chi connectivity index (χ4v) is 2.17. The minimum atomic E-state index is -1.98. The third-order valence-corrected chi connectivity index (χ3v) is 3.74. The summed E-state index contributed by atoms with van der Waals surface area (Å²) < 4.78 is 18.2. The van der Waals surface area contributed by atoms with Gasteiger partial charge in [0.15, 0.2) is 5.84 Å². The number of nitrogens with one attached hydrogen (secondary N) is 1. The van der Waals surface area contributed by atoms with Gasteiger partial charge in [0.1, 0.15) is 5.75 Å². The zero-order valence-electron chi connectivity index (χ0n) is 12.9. The highest BCUT2D eigenvalue weighted by molar-refractivity contribution is 6.42. The Hall–Kier alpha value is -1.57. The molecule has 0 aromatic heterocycles. The Morgan fingerprint density at radius 2 is 1.92 bits per heavy atom. The lowest BCUT2D eigenvalue weighted by Gasteiger charge is -2.22. The van der Waals surface area contributed by atoms with Gasteiger partial charge in [0, 0.05) is 19.2 Å². The third-order valence-electron chi connectivity index (χ3n) is 2.81. The van der Waals surface area contributed by atoms with Gasteiger partial charge in [-0.15, -0.1) is 0 Å². The van der Waals surface area contributed by atoms with E-state index >= 15 is 0 Å². The minimum absolute atomic E-state index is 0.0726. The molecular weight excluding hydrogens is 384 g/mol. The number of benzene rings is 1. The van der Waals surface area contributed by atoms with Crippen molar-refractivity contribution in [3.63, 3.8) is 0 Å². The van der Waals surface area contributed by atoms with Gasteiger partial charge in [-0.3, -0.25) is 0 Å². The summed E-state index contributed by atoms with van der Waals surface area (Å²) in [6.45, 7) is 4.27. The molecule has 0 aliphatic carbocycles. The number of alkyl halides is 2. The van der Waals surface area contributed by atoms with Crippen molar-refractivity contribution in [1.82, 2.24) is 10.2 Å². The number of amidine groups is 1. The van der Waals surface area contributed by atoms with Crippen LogP contribution in [0.5, 0.6) is 5.75 Å². The summed E-state index contributed by atoms with van der Waals surface area (Å²) in [4.78, 5) is 28.3. The average molecular weight is 399 g/mol. The number of ether oxygens (including phenoxy) is 1. The van der Waals surface area contributed by atoms with Crippen LogP contribution < -0.4 is 10.1 Å². The first kappa shape index (κ1) is 20.5. The molecule has 1 atom stereocenters. The molecule has 3 amide bonds. The Balaban J connectivity index is 2.76. The van der Waals surface area contributed by atoms with Crippen LogP contribution >= 0.6 is 34.8 Å². The number of rotatable bonds is 4. The summed E-state index contributed by atoms with van der Waals surface area (Å²) in [6, 6.07) is 3.01. The number of nitrogens with zero attached hydrogens (tertiary/aromatic N) is 2. The van der Waals surface area contributed by atoms with Crippen molar-refractivity contribution in [2.24, 2.45) is 4.99 Å². The fourth-order valence-electron chi connectivity index (χ4n) is 1.70. The zero-order valence-corrected chi connectivity index (χ0v) is 15.1. The van der Waals surface area contributed by atoms with Crippen molar-refractivity contribution >= 4 is 52.8 Å². The van der Waals surface area contributed by atoms with Crippen LogP contribution in [0.25, 0.3) is 0 Å². The molecule has 1 aromatic carbocycles. The Morgan fingerprint density at radius 3 is 2.42 bits per heavy atom. The molecule has 0 heterocycles. The van der Waals surface area contributed by atoms with Crippen molar-refractivity contribution < 1.29 is 18.7 Å². The maximum absolute atomic E-state index is 13.4. The molecular formula is C14H15Cl3FN3O3. The highest BCUT2D eigenvalue weighted by Gasteiger charge is 2.20. The molecule has 0 aliphatic rings. The predicted octanol–water partition coefficient (Wildman–Crippen LogP) is 4.48. The summed E-state index contributed by atoms with van der Waals surface area (Å²) in [5, 5.41) is 2.30. The number of carbonyl (C=O) groups excluding carboxylic acids is 2. The highest BCUT2D eigenvalue weighted by atomic mass is 35.5. The highest BCUT2D eigenvalue weighted by Crippen LogP contribution is 2.26. The molecule has 0 saturated carbocycles. The second kappa shape index (κ2) is 9.66. The molecule has 10 heteroatoms. The SMILES string of the molecule is CCN(CC)/C(=N/C(=O)NC(=O)Oc1ccc(Cl)c(Cl)c1)C(F)Cl. The molecule has 0 radical (unpaired) electrons. The third kappa shape index (κ3) is 6.14. The Kier molecular flexibility index (Phi) is 8.24. The fraction of sp³-hybridized carbons (Fsp3) is 0.357. The van der Waals surface area contributed by atoms with E-state index in [9.17, 15) is 14.0 Å². The second-order valence-electron chi connectivity index (χ2n) is 4.34. The zero-order chi connectivity index (χ0) is 18.3. The van der Waals surface area contributed by atoms with Crippen LogP contribution in [0.4, 0.5) is 14.0 Å². The summed E-state index contributed by atoms with van der Waals surface area (Å²) in [5.74, 6) is -0.218. The number of amides is 3. The van der Waals surface area contributed by atoms with Crippen LogP contribution in [0.15, 0.2) is 23.2 Å². The van der Waals surface area contributed by atoms with E-state index in [2.05, 4.69) is 4.99 Å². The van der Waals surface area contributed by atoms with Crippen molar-refractivity contribution in [2.75, 3.05) is 13.1 Å². The lowest BCUT2D eigenvalue weighted by molar-refractivity contribution is 0.199. The van der Waals surface area contributed by atoms with Gasteiger partial charge in [-0.2, -0.15) is 4.99 Å². The molecule has 0 fully saturated rings.